The molecule has 2 aliphatic rings. The number of phenolic OH excluding ortho intramolecular Hbond substituents is 1. The maximum absolute atomic E-state index is 13.0. The molecule has 1 N–H and O–H groups in total. The molecule has 5 nitrogen and oxygen atoms in total. The first kappa shape index (κ1) is 17.2. The van der Waals surface area contributed by atoms with Gasteiger partial charge in [-0.05, 0) is 49.5 Å². The zero-order chi connectivity index (χ0) is 17.9. The molecule has 1 amide bonds. The monoisotopic (exact) mass is 369 g/mol. The minimum atomic E-state index is -0.0816. The van der Waals surface area contributed by atoms with Crippen molar-refractivity contribution in [2.24, 2.45) is 5.10 Å². The number of thiophene rings is 1. The molecule has 1 aromatic carbocycles. The third-order valence-electron chi connectivity index (χ3n) is 5.06. The summed E-state index contributed by atoms with van der Waals surface area (Å²) in [5, 5.41) is 18.5. The van der Waals surface area contributed by atoms with Gasteiger partial charge in [0.2, 0.25) is 0 Å². The molecule has 0 bridgehead atoms. The number of nitrogens with zero attached hydrogens (tertiary/aromatic N) is 3. The minimum Gasteiger partial charge on any atom is -0.507 e. The Hall–Kier alpha value is -2.18. The van der Waals surface area contributed by atoms with Crippen LogP contribution in [0.5, 0.6) is 5.75 Å². The summed E-state index contributed by atoms with van der Waals surface area (Å²) < 4.78 is 0. The predicted molar refractivity (Wildman–Crippen MR) is 103 cm³/mol. The minimum absolute atomic E-state index is 0.0377. The lowest BCUT2D eigenvalue weighted by Crippen LogP contribution is -2.40. The fourth-order valence-corrected chi connectivity index (χ4v) is 4.52. The van der Waals surface area contributed by atoms with Crippen LogP contribution in [0.3, 0.4) is 0 Å². The van der Waals surface area contributed by atoms with Gasteiger partial charge in [0.1, 0.15) is 5.75 Å². The van der Waals surface area contributed by atoms with Gasteiger partial charge in [-0.2, -0.15) is 5.10 Å². The first-order chi connectivity index (χ1) is 12.7. The predicted octanol–water partition coefficient (Wildman–Crippen LogP) is 3.62. The number of amides is 1. The number of phenols is 1. The van der Waals surface area contributed by atoms with Crippen molar-refractivity contribution >= 4 is 23.0 Å². The third-order valence-corrected chi connectivity index (χ3v) is 6.03. The first-order valence-electron chi connectivity index (χ1n) is 9.16. The molecule has 0 spiro atoms. The number of carbonyl (C=O) groups is 1. The van der Waals surface area contributed by atoms with Crippen molar-refractivity contribution in [3.05, 3.63) is 52.2 Å². The summed E-state index contributed by atoms with van der Waals surface area (Å²) in [6.45, 7) is 2.39. The van der Waals surface area contributed by atoms with Crippen molar-refractivity contribution in [2.75, 3.05) is 19.6 Å². The van der Waals surface area contributed by atoms with Gasteiger partial charge in [-0.15, -0.1) is 11.3 Å². The van der Waals surface area contributed by atoms with E-state index in [1.165, 1.54) is 6.42 Å². The van der Waals surface area contributed by atoms with Gasteiger partial charge in [0.25, 0.3) is 5.91 Å². The number of piperidine rings is 1. The van der Waals surface area contributed by atoms with Crippen molar-refractivity contribution in [3.8, 4) is 5.75 Å². The molecule has 0 saturated carbocycles. The molecule has 2 aromatic rings. The van der Waals surface area contributed by atoms with Crippen LogP contribution in [0, 0.1) is 0 Å². The van der Waals surface area contributed by atoms with E-state index in [0.717, 1.165) is 36.5 Å². The third kappa shape index (κ3) is 3.52. The highest BCUT2D eigenvalue weighted by Crippen LogP contribution is 2.36. The van der Waals surface area contributed by atoms with Gasteiger partial charge in [-0.3, -0.25) is 9.69 Å². The summed E-state index contributed by atoms with van der Waals surface area (Å²) in [6, 6.07) is 11.2. The summed E-state index contributed by atoms with van der Waals surface area (Å²) in [5.74, 6) is 0.247. The first-order valence-corrected chi connectivity index (χ1v) is 10.0. The highest BCUT2D eigenvalue weighted by Gasteiger charge is 2.35. The van der Waals surface area contributed by atoms with Crippen LogP contribution in [0.15, 0.2) is 46.9 Å². The van der Waals surface area contributed by atoms with E-state index in [-0.39, 0.29) is 17.7 Å². The Bertz CT molecular complexity index is 797. The Kier molecular flexibility index (Phi) is 5.04. The number of benzene rings is 1. The molecule has 136 valence electrons. The zero-order valence-electron chi connectivity index (χ0n) is 14.7. The molecular formula is C20H23N3O2S. The molecule has 0 aliphatic carbocycles. The van der Waals surface area contributed by atoms with E-state index in [4.69, 9.17) is 0 Å². The second kappa shape index (κ2) is 7.60. The highest BCUT2D eigenvalue weighted by atomic mass is 32.1. The van der Waals surface area contributed by atoms with E-state index in [2.05, 4.69) is 16.1 Å². The lowest BCUT2D eigenvalue weighted by Gasteiger charge is -2.28. The largest absolute Gasteiger partial charge is 0.507 e. The number of carbonyl (C=O) groups excluding carboxylic acids is 1. The van der Waals surface area contributed by atoms with Gasteiger partial charge in [0.15, 0.2) is 0 Å². The SMILES string of the molecule is O=C(CN1CCCCC1)N1N=C(c2ccccc2O)C[C@@H]1c1cccs1. The number of likely N-dealkylation sites (tertiary alicyclic amines) is 1. The van der Waals surface area contributed by atoms with Gasteiger partial charge >= 0.3 is 0 Å². The molecule has 0 radical (unpaired) electrons. The maximum Gasteiger partial charge on any atom is 0.257 e. The second-order valence-corrected chi connectivity index (χ2v) is 7.85. The van der Waals surface area contributed by atoms with Crippen LogP contribution in [0.1, 0.15) is 42.2 Å². The maximum atomic E-state index is 13.0. The smallest absolute Gasteiger partial charge is 0.257 e. The fourth-order valence-electron chi connectivity index (χ4n) is 3.70. The van der Waals surface area contributed by atoms with Crippen molar-refractivity contribution in [1.29, 1.82) is 0 Å². The normalized spacial score (nSPS) is 21.0. The Balaban J connectivity index is 1.59. The molecule has 1 aromatic heterocycles. The summed E-state index contributed by atoms with van der Waals surface area (Å²) in [4.78, 5) is 16.4. The molecule has 1 fully saturated rings. The van der Waals surface area contributed by atoms with Crippen LogP contribution < -0.4 is 0 Å². The number of hydrazone groups is 1. The van der Waals surface area contributed by atoms with Crippen LogP contribution in [-0.2, 0) is 4.79 Å². The molecule has 2 aliphatic heterocycles. The molecular weight excluding hydrogens is 346 g/mol. The van der Waals surface area contributed by atoms with Gasteiger partial charge in [-0.25, -0.2) is 5.01 Å². The van der Waals surface area contributed by atoms with Crippen LogP contribution in [-0.4, -0.2) is 46.3 Å². The zero-order valence-corrected chi connectivity index (χ0v) is 15.5. The summed E-state index contributed by atoms with van der Waals surface area (Å²) >= 11 is 1.65. The lowest BCUT2D eigenvalue weighted by molar-refractivity contribution is -0.134. The topological polar surface area (TPSA) is 56.1 Å². The highest BCUT2D eigenvalue weighted by molar-refractivity contribution is 7.10. The Morgan fingerprint density at radius 2 is 1.96 bits per heavy atom. The summed E-state index contributed by atoms with van der Waals surface area (Å²) in [5.41, 5.74) is 1.48. The second-order valence-electron chi connectivity index (χ2n) is 6.87. The summed E-state index contributed by atoms with van der Waals surface area (Å²) in [6.07, 6.45) is 4.20. The number of aromatic hydroxyl groups is 1. The van der Waals surface area contributed by atoms with E-state index in [1.54, 1.807) is 28.5 Å². The van der Waals surface area contributed by atoms with E-state index in [9.17, 15) is 9.90 Å². The molecule has 1 saturated heterocycles. The Morgan fingerprint density at radius 3 is 2.69 bits per heavy atom. The molecule has 26 heavy (non-hydrogen) atoms. The van der Waals surface area contributed by atoms with E-state index >= 15 is 0 Å². The van der Waals surface area contributed by atoms with Gasteiger partial charge in [0, 0.05) is 16.9 Å². The van der Waals surface area contributed by atoms with Crippen molar-refractivity contribution in [2.45, 2.75) is 31.7 Å². The molecule has 3 heterocycles. The average Bonchev–Trinajstić information content (AvgIpc) is 3.32. The molecule has 0 unspecified atom stereocenters. The van der Waals surface area contributed by atoms with Crippen LogP contribution in [0.25, 0.3) is 0 Å². The fraction of sp³-hybridized carbons (Fsp3) is 0.400. The quantitative estimate of drug-likeness (QED) is 0.896. The number of rotatable bonds is 4. The van der Waals surface area contributed by atoms with E-state index < -0.39 is 0 Å². The Labute approximate surface area is 157 Å². The van der Waals surface area contributed by atoms with Gasteiger partial charge in [-0.1, -0.05) is 24.6 Å². The number of hydrogen-bond donors (Lipinski definition) is 1. The molecule has 6 heteroatoms. The Morgan fingerprint density at radius 1 is 1.15 bits per heavy atom. The van der Waals surface area contributed by atoms with Gasteiger partial charge < -0.3 is 5.11 Å². The number of hydrogen-bond acceptors (Lipinski definition) is 5. The van der Waals surface area contributed by atoms with E-state index in [0.29, 0.717) is 18.5 Å². The van der Waals surface area contributed by atoms with Gasteiger partial charge in [0.05, 0.1) is 18.3 Å². The van der Waals surface area contributed by atoms with E-state index in [1.807, 2.05) is 23.6 Å². The van der Waals surface area contributed by atoms with Crippen LogP contribution in [0.2, 0.25) is 0 Å². The van der Waals surface area contributed by atoms with Crippen molar-refractivity contribution < 1.29 is 9.90 Å². The lowest BCUT2D eigenvalue weighted by atomic mass is 10.0. The van der Waals surface area contributed by atoms with Crippen molar-refractivity contribution in [1.82, 2.24) is 9.91 Å². The van der Waals surface area contributed by atoms with Crippen LogP contribution in [0.4, 0.5) is 0 Å². The average molecular weight is 369 g/mol. The molecule has 4 rings (SSSR count). The standard InChI is InChI=1S/C20H23N3O2S/c24-18-8-3-2-7-15(18)16-13-17(19-9-6-12-26-19)23(21-16)20(25)14-22-10-4-1-5-11-22/h2-3,6-9,12,17,24H,1,4-5,10-11,13-14H2/t17-/m1/s1. The number of para-hydroxylation sites is 1. The van der Waals surface area contributed by atoms with Crippen molar-refractivity contribution in [3.63, 3.8) is 0 Å². The molecule has 1 atom stereocenters. The van der Waals surface area contributed by atoms with Crippen LogP contribution >= 0.6 is 11.3 Å². The summed E-state index contributed by atoms with van der Waals surface area (Å²) in [7, 11) is 0.